The zero-order valence-corrected chi connectivity index (χ0v) is 20.3. The summed E-state index contributed by atoms with van der Waals surface area (Å²) in [4.78, 5) is 19.8. The van der Waals surface area contributed by atoms with E-state index in [-0.39, 0.29) is 23.2 Å². The monoisotopic (exact) mass is 518 g/mol. The molecule has 2 aromatic heterocycles. The molecule has 1 amide bonds. The molecule has 0 saturated carbocycles. The largest absolute Gasteiger partial charge is 0.340 e. The van der Waals surface area contributed by atoms with E-state index in [1.54, 1.807) is 23.1 Å². The lowest BCUT2D eigenvalue weighted by atomic mass is 10.1. The third-order valence-electron chi connectivity index (χ3n) is 6.49. The molecular formula is C27H21ClF2N6O. The van der Waals surface area contributed by atoms with Gasteiger partial charge in [-0.3, -0.25) is 9.89 Å². The van der Waals surface area contributed by atoms with E-state index in [9.17, 15) is 13.6 Å². The minimum atomic E-state index is -0.545. The maximum atomic E-state index is 14.1. The number of nitrogens with zero attached hydrogens (tertiary/aromatic N) is 4. The van der Waals surface area contributed by atoms with Gasteiger partial charge in [-0.25, -0.2) is 13.8 Å². The van der Waals surface area contributed by atoms with Gasteiger partial charge in [0, 0.05) is 29.7 Å². The second-order valence-corrected chi connectivity index (χ2v) is 9.26. The number of carbonyl (C=O) groups excluding carboxylic acids is 1. The molecule has 1 aliphatic heterocycles. The normalized spacial score (nSPS) is 13.1. The maximum absolute atomic E-state index is 14.1. The number of imidazole rings is 1. The number of anilines is 2. The highest BCUT2D eigenvalue weighted by molar-refractivity contribution is 6.30. The third kappa shape index (κ3) is 4.42. The summed E-state index contributed by atoms with van der Waals surface area (Å²) in [5.74, 6) is 0.364. The molecule has 37 heavy (non-hydrogen) atoms. The van der Waals surface area contributed by atoms with Crippen molar-refractivity contribution in [2.45, 2.75) is 19.5 Å². The van der Waals surface area contributed by atoms with Crippen LogP contribution in [-0.4, -0.2) is 37.1 Å². The first kappa shape index (κ1) is 23.2. The number of aromatic amines is 1. The lowest BCUT2D eigenvalue weighted by Gasteiger charge is -2.28. The van der Waals surface area contributed by atoms with Gasteiger partial charge in [-0.05, 0) is 48.5 Å². The van der Waals surface area contributed by atoms with Gasteiger partial charge >= 0.3 is 0 Å². The van der Waals surface area contributed by atoms with Gasteiger partial charge in [0.1, 0.15) is 29.0 Å². The fraction of sp³-hybridized carbons (Fsp3) is 0.148. The lowest BCUT2D eigenvalue weighted by Crippen LogP contribution is -2.39. The van der Waals surface area contributed by atoms with Crippen molar-refractivity contribution >= 4 is 39.9 Å². The molecule has 0 unspecified atom stereocenters. The number of H-pyrrole nitrogens is 1. The van der Waals surface area contributed by atoms with Gasteiger partial charge in [-0.1, -0.05) is 29.8 Å². The standard InChI is InChI=1S/C27H21ClF2N6O/c28-20-10-9-18(13-21(20)30)31-27-26(16-5-7-17(29)8-6-16)32-24-15-35(11-12-36(24)27)25(37)14-23-19-3-1-2-4-22(19)33-34-23/h1-10,13,31H,11-12,14-15H2,(H,33,34). The molecule has 3 heterocycles. The van der Waals surface area contributed by atoms with Crippen LogP contribution >= 0.6 is 11.6 Å². The van der Waals surface area contributed by atoms with E-state index < -0.39 is 5.82 Å². The van der Waals surface area contributed by atoms with Crippen molar-refractivity contribution in [2.24, 2.45) is 0 Å². The quantitative estimate of drug-likeness (QED) is 0.313. The van der Waals surface area contributed by atoms with E-state index in [1.165, 1.54) is 24.3 Å². The first-order chi connectivity index (χ1) is 18.0. The Hall–Kier alpha value is -4.24. The van der Waals surface area contributed by atoms with Crippen molar-refractivity contribution in [3.05, 3.63) is 94.9 Å². The molecule has 1 aliphatic rings. The van der Waals surface area contributed by atoms with Crippen LogP contribution in [0.5, 0.6) is 0 Å². The molecule has 0 fully saturated rings. The topological polar surface area (TPSA) is 78.8 Å². The molecule has 0 bridgehead atoms. The molecule has 0 saturated heterocycles. The molecule has 0 aliphatic carbocycles. The number of nitrogens with one attached hydrogen (secondary N) is 2. The van der Waals surface area contributed by atoms with E-state index >= 15 is 0 Å². The number of carbonyl (C=O) groups is 1. The summed E-state index contributed by atoms with van der Waals surface area (Å²) in [6.45, 7) is 1.26. The van der Waals surface area contributed by atoms with Crippen molar-refractivity contribution < 1.29 is 13.6 Å². The molecule has 0 radical (unpaired) electrons. The van der Waals surface area contributed by atoms with Gasteiger partial charge < -0.3 is 14.8 Å². The SMILES string of the molecule is O=C(Cc1[nH]nc2ccccc12)N1CCn2c(nc(-c3ccc(F)cc3)c2Nc2ccc(Cl)c(F)c2)C1. The molecule has 7 nitrogen and oxygen atoms in total. The number of para-hydroxylation sites is 1. The predicted octanol–water partition coefficient (Wildman–Crippen LogP) is 5.69. The van der Waals surface area contributed by atoms with Gasteiger partial charge in [0.2, 0.25) is 5.91 Å². The molecule has 5 aromatic rings. The van der Waals surface area contributed by atoms with Crippen LogP contribution in [0.3, 0.4) is 0 Å². The summed E-state index contributed by atoms with van der Waals surface area (Å²) in [5.41, 5.74) is 3.37. The molecule has 0 atom stereocenters. The number of fused-ring (bicyclic) bond motifs is 2. The number of amides is 1. The Bertz CT molecular complexity index is 1630. The van der Waals surface area contributed by atoms with E-state index in [0.29, 0.717) is 48.2 Å². The van der Waals surface area contributed by atoms with Crippen molar-refractivity contribution in [3.63, 3.8) is 0 Å². The summed E-state index contributed by atoms with van der Waals surface area (Å²) in [6.07, 6.45) is 0.196. The molecule has 186 valence electrons. The predicted molar refractivity (Wildman–Crippen MR) is 138 cm³/mol. The van der Waals surface area contributed by atoms with Crippen molar-refractivity contribution in [2.75, 3.05) is 11.9 Å². The smallest absolute Gasteiger partial charge is 0.229 e. The van der Waals surface area contributed by atoms with Crippen LogP contribution in [0.4, 0.5) is 20.3 Å². The lowest BCUT2D eigenvalue weighted by molar-refractivity contribution is -0.132. The second kappa shape index (κ2) is 9.33. The van der Waals surface area contributed by atoms with Gasteiger partial charge in [-0.2, -0.15) is 5.10 Å². The Morgan fingerprint density at radius 2 is 1.86 bits per heavy atom. The molecule has 10 heteroatoms. The highest BCUT2D eigenvalue weighted by atomic mass is 35.5. The highest BCUT2D eigenvalue weighted by Gasteiger charge is 2.27. The van der Waals surface area contributed by atoms with Gasteiger partial charge in [0.05, 0.1) is 29.2 Å². The number of aromatic nitrogens is 4. The fourth-order valence-electron chi connectivity index (χ4n) is 4.60. The van der Waals surface area contributed by atoms with Crippen molar-refractivity contribution in [3.8, 4) is 11.3 Å². The molecule has 3 aromatic carbocycles. The molecule has 0 spiro atoms. The zero-order valence-electron chi connectivity index (χ0n) is 19.5. The summed E-state index contributed by atoms with van der Waals surface area (Å²) in [6, 6.07) is 18.1. The summed E-state index contributed by atoms with van der Waals surface area (Å²) in [5, 5.41) is 11.5. The average molecular weight is 519 g/mol. The van der Waals surface area contributed by atoms with Gasteiger partial charge in [0.15, 0.2) is 0 Å². The average Bonchev–Trinajstić information content (AvgIpc) is 3.48. The van der Waals surface area contributed by atoms with Crippen LogP contribution in [0.25, 0.3) is 22.2 Å². The first-order valence-corrected chi connectivity index (χ1v) is 12.1. The van der Waals surface area contributed by atoms with E-state index in [1.807, 2.05) is 28.8 Å². The number of rotatable bonds is 5. The van der Waals surface area contributed by atoms with Crippen LogP contribution in [0.1, 0.15) is 11.5 Å². The minimum absolute atomic E-state index is 0.0267. The number of hydrogen-bond donors (Lipinski definition) is 2. The zero-order chi connectivity index (χ0) is 25.5. The minimum Gasteiger partial charge on any atom is -0.340 e. The highest BCUT2D eigenvalue weighted by Crippen LogP contribution is 2.34. The van der Waals surface area contributed by atoms with Crippen LogP contribution < -0.4 is 5.32 Å². The number of halogens is 3. The van der Waals surface area contributed by atoms with Crippen LogP contribution in [-0.2, 0) is 24.3 Å². The second-order valence-electron chi connectivity index (χ2n) is 8.85. The maximum Gasteiger partial charge on any atom is 0.229 e. The van der Waals surface area contributed by atoms with Crippen molar-refractivity contribution in [1.29, 1.82) is 0 Å². The first-order valence-electron chi connectivity index (χ1n) is 11.7. The Labute approximate surface area is 215 Å². The van der Waals surface area contributed by atoms with Crippen LogP contribution in [0.15, 0.2) is 66.7 Å². The Balaban J connectivity index is 1.31. The molecule has 2 N–H and O–H groups in total. The Morgan fingerprint density at radius 3 is 2.68 bits per heavy atom. The Kier molecular flexibility index (Phi) is 5.84. The van der Waals surface area contributed by atoms with E-state index in [0.717, 1.165) is 16.6 Å². The third-order valence-corrected chi connectivity index (χ3v) is 6.80. The van der Waals surface area contributed by atoms with E-state index in [2.05, 4.69) is 15.5 Å². The number of benzene rings is 3. The Morgan fingerprint density at radius 1 is 1.05 bits per heavy atom. The van der Waals surface area contributed by atoms with E-state index in [4.69, 9.17) is 16.6 Å². The van der Waals surface area contributed by atoms with Crippen LogP contribution in [0, 0.1) is 11.6 Å². The van der Waals surface area contributed by atoms with Crippen LogP contribution in [0.2, 0.25) is 5.02 Å². The summed E-state index contributed by atoms with van der Waals surface area (Å²) in [7, 11) is 0. The summed E-state index contributed by atoms with van der Waals surface area (Å²) >= 11 is 5.85. The molecular weight excluding hydrogens is 498 g/mol. The molecule has 6 rings (SSSR count). The van der Waals surface area contributed by atoms with Gasteiger partial charge in [0.25, 0.3) is 0 Å². The van der Waals surface area contributed by atoms with Gasteiger partial charge in [-0.15, -0.1) is 0 Å². The fourth-order valence-corrected chi connectivity index (χ4v) is 4.72. The van der Waals surface area contributed by atoms with Crippen molar-refractivity contribution in [1.82, 2.24) is 24.6 Å². The number of hydrogen-bond acceptors (Lipinski definition) is 4. The summed E-state index contributed by atoms with van der Waals surface area (Å²) < 4.78 is 29.7.